The van der Waals surface area contributed by atoms with Crippen LogP contribution in [0.1, 0.15) is 10.4 Å². The van der Waals surface area contributed by atoms with Crippen LogP contribution in [0.3, 0.4) is 0 Å². The second-order valence-electron chi connectivity index (χ2n) is 4.59. The van der Waals surface area contributed by atoms with Crippen molar-refractivity contribution in [2.75, 3.05) is 5.32 Å². The molecule has 7 heteroatoms. The molecule has 0 saturated heterocycles. The van der Waals surface area contributed by atoms with Crippen molar-refractivity contribution in [1.82, 2.24) is 9.97 Å². The Labute approximate surface area is 129 Å². The predicted octanol–water partition coefficient (Wildman–Crippen LogP) is 3.48. The number of ether oxygens (including phenoxy) is 1. The Kier molecular flexibility index (Phi) is 4.09. The molecule has 3 rings (SSSR count). The van der Waals surface area contributed by atoms with Gasteiger partial charge < -0.3 is 10.1 Å². The maximum atomic E-state index is 12.4. The van der Waals surface area contributed by atoms with E-state index < -0.39 is 12.5 Å². The molecule has 23 heavy (non-hydrogen) atoms. The number of carbonyl (C=O) groups excluding carboxylic acids is 1. The van der Waals surface area contributed by atoms with E-state index in [-0.39, 0.29) is 11.4 Å². The molecule has 0 aliphatic carbocycles. The number of para-hydroxylation sites is 2. The lowest BCUT2D eigenvalue weighted by Gasteiger charge is -2.11. The lowest BCUT2D eigenvalue weighted by molar-refractivity contribution is -0.0493. The molecule has 0 aliphatic rings. The highest BCUT2D eigenvalue weighted by atomic mass is 19.3. The topological polar surface area (TPSA) is 64.1 Å². The molecule has 1 aromatic heterocycles. The van der Waals surface area contributed by atoms with Crippen molar-refractivity contribution in [3.63, 3.8) is 0 Å². The summed E-state index contributed by atoms with van der Waals surface area (Å²) in [6, 6.07) is 10.8. The van der Waals surface area contributed by atoms with Crippen molar-refractivity contribution in [3.8, 4) is 5.75 Å². The first-order valence-electron chi connectivity index (χ1n) is 6.69. The van der Waals surface area contributed by atoms with E-state index in [4.69, 9.17) is 0 Å². The van der Waals surface area contributed by atoms with Crippen LogP contribution in [0, 0.1) is 0 Å². The van der Waals surface area contributed by atoms with Gasteiger partial charge in [-0.1, -0.05) is 12.1 Å². The molecule has 0 bridgehead atoms. The monoisotopic (exact) mass is 315 g/mol. The molecule has 1 N–H and O–H groups in total. The number of hydrogen-bond donors (Lipinski definition) is 1. The average molecular weight is 315 g/mol. The standard InChI is InChI=1S/C16H11F2N3O2/c17-16(18)23-14-4-2-1-3-12(14)21-15(22)10-5-6-11-13(9-10)20-8-7-19-11/h1-9,16H,(H,21,22). The van der Waals surface area contributed by atoms with Gasteiger partial charge in [-0.05, 0) is 30.3 Å². The summed E-state index contributed by atoms with van der Waals surface area (Å²) in [6.45, 7) is -2.97. The van der Waals surface area contributed by atoms with Gasteiger partial charge in [0.25, 0.3) is 5.91 Å². The number of amides is 1. The fraction of sp³-hybridized carbons (Fsp3) is 0.0625. The van der Waals surface area contributed by atoms with Crippen LogP contribution < -0.4 is 10.1 Å². The minimum Gasteiger partial charge on any atom is -0.433 e. The summed E-state index contributed by atoms with van der Waals surface area (Å²) in [7, 11) is 0. The molecule has 0 aliphatic heterocycles. The smallest absolute Gasteiger partial charge is 0.387 e. The van der Waals surface area contributed by atoms with E-state index in [2.05, 4.69) is 20.0 Å². The van der Waals surface area contributed by atoms with Gasteiger partial charge in [0.05, 0.1) is 16.7 Å². The highest BCUT2D eigenvalue weighted by molar-refractivity contribution is 6.06. The number of alkyl halides is 2. The van der Waals surface area contributed by atoms with Gasteiger partial charge in [0.2, 0.25) is 0 Å². The van der Waals surface area contributed by atoms with Crippen LogP contribution in [0.25, 0.3) is 11.0 Å². The Balaban J connectivity index is 1.86. The second-order valence-corrected chi connectivity index (χ2v) is 4.59. The van der Waals surface area contributed by atoms with Crippen molar-refractivity contribution >= 4 is 22.6 Å². The van der Waals surface area contributed by atoms with E-state index in [0.717, 1.165) is 0 Å². The van der Waals surface area contributed by atoms with Gasteiger partial charge >= 0.3 is 6.61 Å². The van der Waals surface area contributed by atoms with Crippen LogP contribution in [0.4, 0.5) is 14.5 Å². The number of nitrogens with one attached hydrogen (secondary N) is 1. The quantitative estimate of drug-likeness (QED) is 0.800. The van der Waals surface area contributed by atoms with Crippen molar-refractivity contribution in [2.45, 2.75) is 6.61 Å². The van der Waals surface area contributed by atoms with E-state index in [1.807, 2.05) is 0 Å². The number of benzene rings is 2. The maximum Gasteiger partial charge on any atom is 0.387 e. The molecular weight excluding hydrogens is 304 g/mol. The largest absolute Gasteiger partial charge is 0.433 e. The molecule has 1 amide bonds. The number of anilines is 1. The fourth-order valence-corrected chi connectivity index (χ4v) is 2.07. The van der Waals surface area contributed by atoms with E-state index >= 15 is 0 Å². The molecule has 3 aromatic rings. The van der Waals surface area contributed by atoms with E-state index in [1.54, 1.807) is 36.5 Å². The fourth-order valence-electron chi connectivity index (χ4n) is 2.07. The third kappa shape index (κ3) is 3.39. The zero-order valence-electron chi connectivity index (χ0n) is 11.7. The first-order valence-corrected chi connectivity index (χ1v) is 6.69. The van der Waals surface area contributed by atoms with Crippen molar-refractivity contribution in [3.05, 3.63) is 60.4 Å². The average Bonchev–Trinajstić information content (AvgIpc) is 2.55. The van der Waals surface area contributed by atoms with Gasteiger partial charge in [0.15, 0.2) is 0 Å². The van der Waals surface area contributed by atoms with E-state index in [1.165, 1.54) is 18.3 Å². The molecule has 5 nitrogen and oxygen atoms in total. The van der Waals surface area contributed by atoms with Gasteiger partial charge in [-0.3, -0.25) is 14.8 Å². The number of aromatic nitrogens is 2. The lowest BCUT2D eigenvalue weighted by atomic mass is 10.1. The van der Waals surface area contributed by atoms with Crippen molar-refractivity contribution in [1.29, 1.82) is 0 Å². The van der Waals surface area contributed by atoms with Crippen LogP contribution in [-0.4, -0.2) is 22.5 Å². The molecule has 0 saturated carbocycles. The summed E-state index contributed by atoms with van der Waals surface area (Å²) in [5, 5.41) is 2.55. The van der Waals surface area contributed by atoms with Crippen LogP contribution >= 0.6 is 0 Å². The summed E-state index contributed by atoms with van der Waals surface area (Å²) < 4.78 is 29.2. The molecule has 1 heterocycles. The molecule has 0 unspecified atom stereocenters. The zero-order valence-corrected chi connectivity index (χ0v) is 11.7. The third-order valence-corrected chi connectivity index (χ3v) is 3.08. The van der Waals surface area contributed by atoms with Gasteiger partial charge in [-0.15, -0.1) is 0 Å². The van der Waals surface area contributed by atoms with Crippen molar-refractivity contribution < 1.29 is 18.3 Å². The number of halogens is 2. The SMILES string of the molecule is O=C(Nc1ccccc1OC(F)F)c1ccc2nccnc2c1. The Morgan fingerprint density at radius 2 is 1.78 bits per heavy atom. The minimum atomic E-state index is -2.97. The van der Waals surface area contributed by atoms with Gasteiger partial charge in [0, 0.05) is 18.0 Å². The normalized spacial score (nSPS) is 10.7. The highest BCUT2D eigenvalue weighted by Gasteiger charge is 2.13. The summed E-state index contributed by atoms with van der Waals surface area (Å²) in [5.41, 5.74) is 1.73. The Morgan fingerprint density at radius 1 is 1.04 bits per heavy atom. The second kappa shape index (κ2) is 6.35. The zero-order chi connectivity index (χ0) is 16.2. The van der Waals surface area contributed by atoms with E-state index in [0.29, 0.717) is 16.6 Å². The first-order chi connectivity index (χ1) is 11.1. The summed E-state index contributed by atoms with van der Waals surface area (Å²) in [6.07, 6.45) is 3.08. The third-order valence-electron chi connectivity index (χ3n) is 3.08. The Morgan fingerprint density at radius 3 is 2.57 bits per heavy atom. The molecular formula is C16H11F2N3O2. The number of carbonyl (C=O) groups is 1. The molecule has 0 atom stereocenters. The Hall–Kier alpha value is -3.09. The number of hydrogen-bond acceptors (Lipinski definition) is 4. The number of fused-ring (bicyclic) bond motifs is 1. The lowest BCUT2D eigenvalue weighted by Crippen LogP contribution is -2.14. The molecule has 116 valence electrons. The number of nitrogens with zero attached hydrogens (tertiary/aromatic N) is 2. The van der Waals surface area contributed by atoms with Crippen molar-refractivity contribution in [2.24, 2.45) is 0 Å². The highest BCUT2D eigenvalue weighted by Crippen LogP contribution is 2.26. The molecule has 0 radical (unpaired) electrons. The predicted molar refractivity (Wildman–Crippen MR) is 80.6 cm³/mol. The maximum absolute atomic E-state index is 12.4. The summed E-state index contributed by atoms with van der Waals surface area (Å²) in [5.74, 6) is -0.556. The first kappa shape index (κ1) is 14.8. The van der Waals surface area contributed by atoms with Crippen LogP contribution in [0.15, 0.2) is 54.9 Å². The summed E-state index contributed by atoms with van der Waals surface area (Å²) in [4.78, 5) is 20.5. The molecule has 2 aromatic carbocycles. The summed E-state index contributed by atoms with van der Waals surface area (Å²) >= 11 is 0. The van der Waals surface area contributed by atoms with Crippen LogP contribution in [0.2, 0.25) is 0 Å². The minimum absolute atomic E-state index is 0.101. The van der Waals surface area contributed by atoms with E-state index in [9.17, 15) is 13.6 Å². The Bertz CT molecular complexity index is 855. The van der Waals surface area contributed by atoms with Crippen LogP contribution in [-0.2, 0) is 0 Å². The number of rotatable bonds is 4. The molecule has 0 fully saturated rings. The van der Waals surface area contributed by atoms with Crippen LogP contribution in [0.5, 0.6) is 5.75 Å². The van der Waals surface area contributed by atoms with Gasteiger partial charge in [-0.2, -0.15) is 8.78 Å². The molecule has 0 spiro atoms. The van der Waals surface area contributed by atoms with Gasteiger partial charge in [-0.25, -0.2) is 0 Å². The van der Waals surface area contributed by atoms with Gasteiger partial charge in [0.1, 0.15) is 5.75 Å².